The van der Waals surface area contributed by atoms with E-state index in [0.717, 1.165) is 67.2 Å². The summed E-state index contributed by atoms with van der Waals surface area (Å²) < 4.78 is 40.0. The maximum atomic E-state index is 13.3. The summed E-state index contributed by atoms with van der Waals surface area (Å²) in [7, 11) is 0. The first-order valence-corrected chi connectivity index (χ1v) is 11.9. The van der Waals surface area contributed by atoms with E-state index in [0.29, 0.717) is 18.2 Å². The van der Waals surface area contributed by atoms with Gasteiger partial charge in [-0.25, -0.2) is 0 Å². The largest absolute Gasteiger partial charge is 0.416 e. The van der Waals surface area contributed by atoms with Crippen LogP contribution < -0.4 is 4.90 Å². The zero-order chi connectivity index (χ0) is 21.8. The third-order valence-electron chi connectivity index (χ3n) is 6.30. The second kappa shape index (κ2) is 9.84. The van der Waals surface area contributed by atoms with Gasteiger partial charge in [0, 0.05) is 22.9 Å². The Labute approximate surface area is 186 Å². The molecule has 7 heteroatoms. The van der Waals surface area contributed by atoms with Gasteiger partial charge in [-0.2, -0.15) is 13.2 Å². The lowest BCUT2D eigenvalue weighted by Gasteiger charge is -2.34. The quantitative estimate of drug-likeness (QED) is 0.510. The first kappa shape index (κ1) is 22.5. The zero-order valence-electron chi connectivity index (χ0n) is 17.6. The van der Waals surface area contributed by atoms with E-state index in [9.17, 15) is 13.2 Å². The van der Waals surface area contributed by atoms with E-state index in [1.165, 1.54) is 23.9 Å². The Balaban J connectivity index is 1.41. The minimum atomic E-state index is -4.34. The number of rotatable bonds is 7. The number of aliphatic hydroxyl groups is 1. The monoisotopic (exact) mass is 450 g/mol. The van der Waals surface area contributed by atoms with Crippen LogP contribution in [0.5, 0.6) is 0 Å². The van der Waals surface area contributed by atoms with Crippen LogP contribution in [0.3, 0.4) is 0 Å². The number of hydrogen-bond acceptors (Lipinski definition) is 4. The Morgan fingerprint density at radius 1 is 0.935 bits per heavy atom. The van der Waals surface area contributed by atoms with Gasteiger partial charge in [0.15, 0.2) is 0 Å². The average molecular weight is 451 g/mol. The van der Waals surface area contributed by atoms with Crippen molar-refractivity contribution in [3.63, 3.8) is 0 Å². The van der Waals surface area contributed by atoms with E-state index in [1.807, 2.05) is 24.3 Å². The van der Waals surface area contributed by atoms with Crippen LogP contribution in [0.15, 0.2) is 52.3 Å². The molecule has 2 aliphatic rings. The molecule has 2 aromatic carbocycles. The van der Waals surface area contributed by atoms with E-state index >= 15 is 0 Å². The number of hydrogen-bond donors (Lipinski definition) is 1. The lowest BCUT2D eigenvalue weighted by Crippen LogP contribution is -2.35. The molecule has 0 aliphatic carbocycles. The molecule has 31 heavy (non-hydrogen) atoms. The summed E-state index contributed by atoms with van der Waals surface area (Å²) in [6.07, 6.45) is 0.788. The smallest absolute Gasteiger partial charge is 0.396 e. The van der Waals surface area contributed by atoms with Gasteiger partial charge in [-0.15, -0.1) is 0 Å². The molecule has 0 radical (unpaired) electrons. The number of likely N-dealkylation sites (tertiary alicyclic amines) is 1. The molecule has 0 amide bonds. The molecule has 2 heterocycles. The average Bonchev–Trinajstić information content (AvgIpc) is 2.76. The predicted molar refractivity (Wildman–Crippen MR) is 119 cm³/mol. The molecule has 1 fully saturated rings. The highest BCUT2D eigenvalue weighted by Crippen LogP contribution is 2.49. The standard InChI is InChI=1S/C24H29F3N2OS/c25-24(26,27)19-7-8-23-21(17-19)29(20-5-1-2-6-22(20)31-23)13-4-3-12-28-14-9-18(10-15-28)11-16-30/h1-2,5-8,17-18,30H,3-4,9-16H2. The molecule has 2 aliphatic heterocycles. The molecule has 0 spiro atoms. The predicted octanol–water partition coefficient (Wildman–Crippen LogP) is 6.18. The lowest BCUT2D eigenvalue weighted by molar-refractivity contribution is -0.137. The molecule has 168 valence electrons. The SMILES string of the molecule is OCCC1CCN(CCCCN2c3ccccc3Sc3ccc(C(F)(F)F)cc32)CC1. The van der Waals surface area contributed by atoms with E-state index in [-0.39, 0.29) is 6.61 Å². The van der Waals surface area contributed by atoms with Crippen LogP contribution in [0.2, 0.25) is 0 Å². The fraction of sp³-hybridized carbons (Fsp3) is 0.500. The van der Waals surface area contributed by atoms with Crippen molar-refractivity contribution < 1.29 is 18.3 Å². The number of unbranched alkanes of at least 4 members (excludes halogenated alkanes) is 1. The summed E-state index contributed by atoms with van der Waals surface area (Å²) in [5.74, 6) is 0.642. The molecule has 0 atom stereocenters. The van der Waals surface area contributed by atoms with Crippen molar-refractivity contribution >= 4 is 23.1 Å². The topological polar surface area (TPSA) is 26.7 Å². The molecule has 4 rings (SSSR count). The molecular weight excluding hydrogens is 421 g/mol. The van der Waals surface area contributed by atoms with Crippen molar-refractivity contribution in [2.45, 2.75) is 48.1 Å². The normalized spacial score (nSPS) is 17.5. The van der Waals surface area contributed by atoms with Gasteiger partial charge in [0.2, 0.25) is 0 Å². The molecule has 1 saturated heterocycles. The zero-order valence-corrected chi connectivity index (χ0v) is 18.4. The lowest BCUT2D eigenvalue weighted by atomic mass is 9.94. The molecule has 2 aromatic rings. The van der Waals surface area contributed by atoms with Crippen molar-refractivity contribution in [1.29, 1.82) is 0 Å². The number of aliphatic hydroxyl groups excluding tert-OH is 1. The maximum Gasteiger partial charge on any atom is 0.416 e. The molecular formula is C24H29F3N2OS. The van der Waals surface area contributed by atoms with E-state index < -0.39 is 11.7 Å². The summed E-state index contributed by atoms with van der Waals surface area (Å²) in [6, 6.07) is 12.0. The van der Waals surface area contributed by atoms with Crippen molar-refractivity contribution in [3.05, 3.63) is 48.0 Å². The Morgan fingerprint density at radius 2 is 1.65 bits per heavy atom. The number of nitrogens with zero attached hydrogens (tertiary/aromatic N) is 2. The highest BCUT2D eigenvalue weighted by Gasteiger charge is 2.33. The van der Waals surface area contributed by atoms with Crippen LogP contribution in [0.1, 0.15) is 37.7 Å². The Hall–Kier alpha value is -1.70. The fourth-order valence-electron chi connectivity index (χ4n) is 4.53. The first-order chi connectivity index (χ1) is 15.0. The molecule has 0 saturated carbocycles. The second-order valence-electron chi connectivity index (χ2n) is 8.41. The van der Waals surface area contributed by atoms with Crippen LogP contribution >= 0.6 is 11.8 Å². The van der Waals surface area contributed by atoms with Gasteiger partial charge in [0.1, 0.15) is 0 Å². The highest BCUT2D eigenvalue weighted by molar-refractivity contribution is 7.99. The van der Waals surface area contributed by atoms with Gasteiger partial charge in [-0.3, -0.25) is 0 Å². The van der Waals surface area contributed by atoms with Crippen molar-refractivity contribution in [2.75, 3.05) is 37.7 Å². The molecule has 3 nitrogen and oxygen atoms in total. The van der Waals surface area contributed by atoms with Crippen LogP contribution in [0, 0.1) is 5.92 Å². The number of alkyl halides is 3. The summed E-state index contributed by atoms with van der Waals surface area (Å²) in [4.78, 5) is 6.49. The van der Waals surface area contributed by atoms with Crippen LogP contribution in [-0.4, -0.2) is 42.8 Å². The Bertz CT molecular complexity index is 881. The Morgan fingerprint density at radius 3 is 2.39 bits per heavy atom. The molecule has 0 bridgehead atoms. The van der Waals surface area contributed by atoms with E-state index in [1.54, 1.807) is 6.07 Å². The van der Waals surface area contributed by atoms with Crippen molar-refractivity contribution in [1.82, 2.24) is 4.90 Å². The minimum Gasteiger partial charge on any atom is -0.396 e. The second-order valence-corrected chi connectivity index (χ2v) is 9.49. The van der Waals surface area contributed by atoms with Gasteiger partial charge in [0.05, 0.1) is 16.9 Å². The number of para-hydroxylation sites is 1. The van der Waals surface area contributed by atoms with Gasteiger partial charge < -0.3 is 14.9 Å². The van der Waals surface area contributed by atoms with E-state index in [4.69, 9.17) is 5.11 Å². The molecule has 0 unspecified atom stereocenters. The summed E-state index contributed by atoms with van der Waals surface area (Å²) in [5.41, 5.74) is 1.05. The Kier molecular flexibility index (Phi) is 7.14. The van der Waals surface area contributed by atoms with Crippen LogP contribution in [-0.2, 0) is 6.18 Å². The van der Waals surface area contributed by atoms with Gasteiger partial charge in [0.25, 0.3) is 0 Å². The maximum absolute atomic E-state index is 13.3. The number of piperidine rings is 1. The first-order valence-electron chi connectivity index (χ1n) is 11.0. The van der Waals surface area contributed by atoms with E-state index in [2.05, 4.69) is 9.80 Å². The summed E-state index contributed by atoms with van der Waals surface area (Å²) in [5, 5.41) is 9.10. The van der Waals surface area contributed by atoms with Gasteiger partial charge >= 0.3 is 6.18 Å². The third kappa shape index (κ3) is 5.38. The number of anilines is 2. The van der Waals surface area contributed by atoms with Gasteiger partial charge in [-0.1, -0.05) is 23.9 Å². The molecule has 1 N–H and O–H groups in total. The summed E-state index contributed by atoms with van der Waals surface area (Å²) >= 11 is 1.54. The fourth-order valence-corrected chi connectivity index (χ4v) is 5.61. The van der Waals surface area contributed by atoms with Crippen LogP contribution in [0.25, 0.3) is 0 Å². The van der Waals surface area contributed by atoms with Crippen molar-refractivity contribution in [3.8, 4) is 0 Å². The number of benzene rings is 2. The minimum absolute atomic E-state index is 0.276. The highest BCUT2D eigenvalue weighted by atomic mass is 32.2. The number of fused-ring (bicyclic) bond motifs is 2. The van der Waals surface area contributed by atoms with Crippen LogP contribution in [0.4, 0.5) is 24.5 Å². The third-order valence-corrected chi connectivity index (χ3v) is 7.43. The summed E-state index contributed by atoms with van der Waals surface area (Å²) in [6.45, 7) is 4.15. The molecule has 0 aromatic heterocycles. The van der Waals surface area contributed by atoms with Crippen molar-refractivity contribution in [2.24, 2.45) is 5.92 Å². The number of halogens is 3. The van der Waals surface area contributed by atoms with Gasteiger partial charge in [-0.05, 0) is 88.0 Å².